The Hall–Kier alpha value is -2.34. The van der Waals surface area contributed by atoms with E-state index in [0.717, 1.165) is 34.1 Å². The smallest absolute Gasteiger partial charge is 0.243 e. The van der Waals surface area contributed by atoms with E-state index in [2.05, 4.69) is 28.4 Å². The first-order valence-corrected chi connectivity index (χ1v) is 9.47. The van der Waals surface area contributed by atoms with E-state index in [4.69, 9.17) is 4.99 Å². The highest BCUT2D eigenvalue weighted by Gasteiger charge is 2.36. The van der Waals surface area contributed by atoms with Crippen molar-refractivity contribution in [3.63, 3.8) is 0 Å². The molecule has 2 rings (SSSR count). The molecule has 0 radical (unpaired) electrons. The molecular weight excluding hydrogens is 344 g/mol. The zero-order valence-corrected chi connectivity index (χ0v) is 16.5. The summed E-state index contributed by atoms with van der Waals surface area (Å²) in [7, 11) is 1.79. The number of carbonyl (C=O) groups is 1. The van der Waals surface area contributed by atoms with Crippen molar-refractivity contribution in [3.05, 3.63) is 59.0 Å². The molecule has 1 N–H and O–H groups in total. The molecule has 0 aliphatic carbocycles. The molecule has 2 aliphatic rings. The van der Waals surface area contributed by atoms with Crippen LogP contribution in [0, 0.1) is 0 Å². The fraction of sp³-hybridized carbons (Fsp3) is 0.350. The van der Waals surface area contributed by atoms with Crippen LogP contribution in [-0.2, 0) is 4.79 Å². The van der Waals surface area contributed by atoms with Gasteiger partial charge >= 0.3 is 0 Å². The average molecular weight is 371 g/mol. The zero-order valence-electron chi connectivity index (χ0n) is 15.7. The van der Waals surface area contributed by atoms with Crippen molar-refractivity contribution in [2.45, 2.75) is 26.3 Å². The molecule has 1 amide bonds. The number of nitrogens with zero attached hydrogens (tertiary/aromatic N) is 3. The maximum Gasteiger partial charge on any atom is 0.243 e. The Bertz CT molecular complexity index is 743. The molecule has 26 heavy (non-hydrogen) atoms. The number of rotatable bonds is 7. The third-order valence-electron chi connectivity index (χ3n) is 4.16. The maximum atomic E-state index is 11.7. The molecule has 6 heteroatoms. The van der Waals surface area contributed by atoms with Crippen LogP contribution in [-0.4, -0.2) is 48.5 Å². The quantitative estimate of drug-likeness (QED) is 0.551. The molecule has 1 atom stereocenters. The van der Waals surface area contributed by atoms with Crippen LogP contribution in [0.25, 0.3) is 0 Å². The fourth-order valence-corrected chi connectivity index (χ4v) is 3.65. The SMILES string of the molecule is C=CC(=O)NC1CC2=C(C(/C=C\C)=N/C)CN=C(C(=C)S/C=C\C)N2C1. The van der Waals surface area contributed by atoms with Gasteiger partial charge in [0.05, 0.1) is 18.3 Å². The number of thioether (sulfide) groups is 1. The minimum atomic E-state index is -0.157. The summed E-state index contributed by atoms with van der Waals surface area (Å²) in [6.07, 6.45) is 8.01. The van der Waals surface area contributed by atoms with Crippen molar-refractivity contribution in [1.29, 1.82) is 0 Å². The van der Waals surface area contributed by atoms with Gasteiger partial charge in [0, 0.05) is 36.2 Å². The Balaban J connectivity index is 2.36. The second kappa shape index (κ2) is 9.38. The molecule has 2 aliphatic heterocycles. The van der Waals surface area contributed by atoms with E-state index in [9.17, 15) is 4.79 Å². The third-order valence-corrected chi connectivity index (χ3v) is 5.04. The van der Waals surface area contributed by atoms with Crippen LogP contribution in [0.5, 0.6) is 0 Å². The molecule has 2 heterocycles. The van der Waals surface area contributed by atoms with Crippen LogP contribution in [0.2, 0.25) is 0 Å². The minimum absolute atomic E-state index is 0.0111. The molecule has 0 spiro atoms. The second-order valence-electron chi connectivity index (χ2n) is 5.91. The molecule has 0 bridgehead atoms. The van der Waals surface area contributed by atoms with Crippen molar-refractivity contribution >= 4 is 29.2 Å². The van der Waals surface area contributed by atoms with E-state index in [0.29, 0.717) is 13.1 Å². The number of aliphatic imine (C=N–C) groups is 2. The summed E-state index contributed by atoms with van der Waals surface area (Å²) in [5.41, 5.74) is 3.19. The Morgan fingerprint density at radius 3 is 2.81 bits per heavy atom. The van der Waals surface area contributed by atoms with Crippen molar-refractivity contribution in [1.82, 2.24) is 10.2 Å². The molecular formula is C20H26N4OS. The monoisotopic (exact) mass is 370 g/mol. The van der Waals surface area contributed by atoms with Gasteiger partial charge in [0.25, 0.3) is 0 Å². The number of hydrogen-bond donors (Lipinski definition) is 1. The van der Waals surface area contributed by atoms with Crippen LogP contribution in [0.4, 0.5) is 0 Å². The predicted octanol–water partition coefficient (Wildman–Crippen LogP) is 3.46. The van der Waals surface area contributed by atoms with E-state index in [1.807, 2.05) is 37.5 Å². The summed E-state index contributed by atoms with van der Waals surface area (Å²) in [4.78, 5) is 24.0. The number of fused-ring (bicyclic) bond motifs is 1. The lowest BCUT2D eigenvalue weighted by atomic mass is 10.0. The number of carbonyl (C=O) groups excluding carboxylic acids is 1. The highest BCUT2D eigenvalue weighted by Crippen LogP contribution is 2.33. The molecule has 0 aromatic heterocycles. The van der Waals surface area contributed by atoms with Crippen molar-refractivity contribution < 1.29 is 4.79 Å². The van der Waals surface area contributed by atoms with Crippen molar-refractivity contribution in [3.8, 4) is 0 Å². The van der Waals surface area contributed by atoms with E-state index in [1.165, 1.54) is 6.08 Å². The fourth-order valence-electron chi connectivity index (χ4n) is 3.06. The molecule has 1 unspecified atom stereocenters. The predicted molar refractivity (Wildman–Crippen MR) is 112 cm³/mol. The van der Waals surface area contributed by atoms with Gasteiger partial charge in [-0.05, 0) is 31.4 Å². The largest absolute Gasteiger partial charge is 0.348 e. The summed E-state index contributed by atoms with van der Waals surface area (Å²) < 4.78 is 0. The maximum absolute atomic E-state index is 11.7. The van der Waals surface area contributed by atoms with Crippen molar-refractivity contribution in [2.24, 2.45) is 9.98 Å². The first kappa shape index (κ1) is 20.0. The van der Waals surface area contributed by atoms with Gasteiger partial charge in [0.15, 0.2) is 0 Å². The molecule has 1 saturated heterocycles. The van der Waals surface area contributed by atoms with Gasteiger partial charge in [0.2, 0.25) is 5.91 Å². The summed E-state index contributed by atoms with van der Waals surface area (Å²) in [5.74, 6) is 0.716. The second-order valence-corrected chi connectivity index (χ2v) is 6.91. The summed E-state index contributed by atoms with van der Waals surface area (Å²) >= 11 is 1.56. The van der Waals surface area contributed by atoms with Gasteiger partial charge in [-0.25, -0.2) is 0 Å². The molecule has 138 valence electrons. The molecule has 0 aromatic rings. The third kappa shape index (κ3) is 4.43. The standard InChI is InChI=1S/C20H26N4OS/c1-6-9-17(21-5)16-12-22-20(14(4)26-10-7-2)24-13-15(11-18(16)24)23-19(25)8-3/h6-10,15H,3-4,11-13H2,1-2,5H3,(H,23,25)/b9-6-,10-7-,21-17+. The number of amidine groups is 1. The first-order chi connectivity index (χ1) is 12.5. The Kier molecular flexibility index (Phi) is 7.21. The Morgan fingerprint density at radius 1 is 1.42 bits per heavy atom. The lowest BCUT2D eigenvalue weighted by molar-refractivity contribution is -0.117. The van der Waals surface area contributed by atoms with Crippen LogP contribution in [0.3, 0.4) is 0 Å². The first-order valence-electron chi connectivity index (χ1n) is 8.59. The highest BCUT2D eigenvalue weighted by atomic mass is 32.2. The van der Waals surface area contributed by atoms with Gasteiger partial charge in [-0.2, -0.15) is 0 Å². The number of hydrogen-bond acceptors (Lipinski definition) is 5. The number of nitrogens with one attached hydrogen (secondary N) is 1. The van der Waals surface area contributed by atoms with Gasteiger partial charge < -0.3 is 10.2 Å². The van der Waals surface area contributed by atoms with Gasteiger partial charge in [-0.1, -0.05) is 37.1 Å². The van der Waals surface area contributed by atoms with E-state index in [1.54, 1.807) is 18.8 Å². The molecule has 5 nitrogen and oxygen atoms in total. The lowest BCUT2D eigenvalue weighted by Gasteiger charge is -2.29. The van der Waals surface area contributed by atoms with Crippen LogP contribution < -0.4 is 5.32 Å². The lowest BCUT2D eigenvalue weighted by Crippen LogP contribution is -2.38. The number of allylic oxidation sites excluding steroid dienone is 3. The topological polar surface area (TPSA) is 57.1 Å². The van der Waals surface area contributed by atoms with Crippen LogP contribution >= 0.6 is 11.8 Å². The molecule has 0 aromatic carbocycles. The van der Waals surface area contributed by atoms with Gasteiger partial charge in [0.1, 0.15) is 5.84 Å². The summed E-state index contributed by atoms with van der Waals surface area (Å²) in [6.45, 7) is 12.9. The average Bonchev–Trinajstić information content (AvgIpc) is 3.06. The normalized spacial score (nSPS) is 20.6. The van der Waals surface area contributed by atoms with Gasteiger partial charge in [-0.15, -0.1) is 0 Å². The van der Waals surface area contributed by atoms with E-state index < -0.39 is 0 Å². The van der Waals surface area contributed by atoms with Gasteiger partial charge in [-0.3, -0.25) is 14.8 Å². The highest BCUT2D eigenvalue weighted by molar-refractivity contribution is 8.06. The van der Waals surface area contributed by atoms with Crippen LogP contribution in [0.1, 0.15) is 20.3 Å². The molecule has 1 fully saturated rings. The summed E-state index contributed by atoms with van der Waals surface area (Å²) in [5, 5.41) is 5.00. The minimum Gasteiger partial charge on any atom is -0.348 e. The van der Waals surface area contributed by atoms with Crippen LogP contribution in [0.15, 0.2) is 69.0 Å². The summed E-state index contributed by atoms with van der Waals surface area (Å²) in [6, 6.07) is 0.0111. The number of amides is 1. The zero-order chi connectivity index (χ0) is 19.1. The Labute approximate surface area is 160 Å². The van der Waals surface area contributed by atoms with Crippen molar-refractivity contribution in [2.75, 3.05) is 20.1 Å². The van der Waals surface area contributed by atoms with E-state index >= 15 is 0 Å². The van der Waals surface area contributed by atoms with E-state index in [-0.39, 0.29) is 11.9 Å². The Morgan fingerprint density at radius 2 is 2.19 bits per heavy atom. The molecule has 0 saturated carbocycles.